The molecule has 0 spiro atoms. The zero-order valence-electron chi connectivity index (χ0n) is 6.70. The lowest BCUT2D eigenvalue weighted by atomic mass is 10.2. The molecule has 4 nitrogen and oxygen atoms in total. The predicted molar refractivity (Wildman–Crippen MR) is 47.1 cm³/mol. The highest BCUT2D eigenvalue weighted by Gasteiger charge is 2.10. The lowest BCUT2D eigenvalue weighted by molar-refractivity contribution is -0.383. The van der Waals surface area contributed by atoms with E-state index >= 15 is 0 Å². The number of nitrogens with one attached hydrogen (secondary N) is 1. The third-order valence-electron chi connectivity index (χ3n) is 1.53. The first-order valence-electron chi connectivity index (χ1n) is 3.43. The predicted octanol–water partition coefficient (Wildman–Crippen LogP) is 1.82. The van der Waals surface area contributed by atoms with Crippen molar-refractivity contribution in [3.8, 4) is 0 Å². The number of hydrogen-bond acceptors (Lipinski definition) is 3. The van der Waals surface area contributed by atoms with Gasteiger partial charge in [-0.15, -0.1) is 0 Å². The summed E-state index contributed by atoms with van der Waals surface area (Å²) >= 11 is 0. The molecule has 1 N–H and O–H groups in total. The lowest BCUT2D eigenvalue weighted by Crippen LogP contribution is -1.96. The quantitative estimate of drug-likeness (QED) is 0.537. The fraction of sp³-hybridized carbons (Fsp3) is 0.125. The van der Waals surface area contributed by atoms with E-state index in [2.05, 4.69) is 12.2 Å². The zero-order chi connectivity index (χ0) is 9.14. The average Bonchev–Trinajstić information content (AvgIpc) is 2.03. The fourth-order valence-electron chi connectivity index (χ4n) is 0.943. The van der Waals surface area contributed by atoms with E-state index in [-0.39, 0.29) is 5.69 Å². The Bertz CT molecular complexity index is 310. The summed E-state index contributed by atoms with van der Waals surface area (Å²) in [6.45, 7) is 3.67. The summed E-state index contributed by atoms with van der Waals surface area (Å²) in [5.41, 5.74) is 1.32. The van der Waals surface area contributed by atoms with Crippen molar-refractivity contribution in [3.63, 3.8) is 0 Å². The molecule has 0 bridgehead atoms. The maximum absolute atomic E-state index is 10.4. The van der Waals surface area contributed by atoms with Gasteiger partial charge in [0.15, 0.2) is 0 Å². The molecular formula is C8H9N2O2. The number of rotatable bonds is 2. The molecule has 63 valence electrons. The van der Waals surface area contributed by atoms with E-state index in [0.29, 0.717) is 5.69 Å². The van der Waals surface area contributed by atoms with E-state index in [1.54, 1.807) is 19.2 Å². The summed E-state index contributed by atoms with van der Waals surface area (Å²) in [6.07, 6.45) is 0. The molecule has 0 aliphatic heterocycles. The Morgan fingerprint density at radius 1 is 1.58 bits per heavy atom. The van der Waals surface area contributed by atoms with Gasteiger partial charge in [-0.2, -0.15) is 0 Å². The summed E-state index contributed by atoms with van der Waals surface area (Å²) in [5, 5.41) is 13.2. The fourth-order valence-corrected chi connectivity index (χ4v) is 0.943. The SMILES string of the molecule is [CH2]c1ccc([N+](=O)[O-])c(NC)c1. The standard InChI is InChI=1S/C8H9N2O2/c1-6-3-4-8(10(11)12)7(5-6)9-2/h3-5,9H,1H2,2H3. The summed E-state index contributed by atoms with van der Waals surface area (Å²) in [5.74, 6) is 0. The molecule has 0 saturated carbocycles. The monoisotopic (exact) mass is 165 g/mol. The van der Waals surface area contributed by atoms with Crippen molar-refractivity contribution in [2.24, 2.45) is 0 Å². The third-order valence-corrected chi connectivity index (χ3v) is 1.53. The van der Waals surface area contributed by atoms with Gasteiger partial charge in [-0.05, 0) is 18.6 Å². The molecule has 0 unspecified atom stereocenters. The Kier molecular flexibility index (Phi) is 2.28. The Balaban J connectivity index is 3.20. The van der Waals surface area contributed by atoms with Gasteiger partial charge in [0, 0.05) is 13.1 Å². The normalized spacial score (nSPS) is 9.50. The number of nitro benzene ring substituents is 1. The van der Waals surface area contributed by atoms with E-state index in [1.165, 1.54) is 6.07 Å². The van der Waals surface area contributed by atoms with Crippen molar-refractivity contribution in [3.05, 3.63) is 40.8 Å². The molecule has 0 fully saturated rings. The second-order valence-electron chi connectivity index (χ2n) is 2.36. The smallest absolute Gasteiger partial charge is 0.292 e. The molecule has 1 radical (unpaired) electrons. The topological polar surface area (TPSA) is 55.2 Å². The molecular weight excluding hydrogens is 156 g/mol. The Labute approximate surface area is 70.4 Å². The van der Waals surface area contributed by atoms with Crippen molar-refractivity contribution in [2.75, 3.05) is 12.4 Å². The van der Waals surface area contributed by atoms with Crippen LogP contribution in [0.4, 0.5) is 11.4 Å². The molecule has 0 amide bonds. The molecule has 0 aliphatic rings. The third kappa shape index (κ3) is 1.53. The molecule has 0 atom stereocenters. The minimum atomic E-state index is -0.425. The molecule has 0 aliphatic carbocycles. The first-order chi connectivity index (χ1) is 5.65. The van der Waals surface area contributed by atoms with E-state index in [0.717, 1.165) is 5.56 Å². The van der Waals surface area contributed by atoms with Crippen LogP contribution < -0.4 is 5.32 Å². The molecule has 4 heteroatoms. The highest BCUT2D eigenvalue weighted by atomic mass is 16.6. The van der Waals surface area contributed by atoms with Crippen molar-refractivity contribution in [1.82, 2.24) is 0 Å². The maximum atomic E-state index is 10.4. The van der Waals surface area contributed by atoms with Gasteiger partial charge in [-0.25, -0.2) is 0 Å². The molecule has 0 heterocycles. The molecule has 0 saturated heterocycles. The van der Waals surface area contributed by atoms with Crippen molar-refractivity contribution in [2.45, 2.75) is 0 Å². The van der Waals surface area contributed by atoms with Crippen LogP contribution in [0.2, 0.25) is 0 Å². The summed E-state index contributed by atoms with van der Waals surface area (Å²) in [6, 6.07) is 4.69. The zero-order valence-corrected chi connectivity index (χ0v) is 6.70. The summed E-state index contributed by atoms with van der Waals surface area (Å²) in [4.78, 5) is 10.0. The Morgan fingerprint density at radius 3 is 2.75 bits per heavy atom. The summed E-state index contributed by atoms with van der Waals surface area (Å²) < 4.78 is 0. The molecule has 12 heavy (non-hydrogen) atoms. The lowest BCUT2D eigenvalue weighted by Gasteiger charge is -2.01. The minimum absolute atomic E-state index is 0.0740. The highest BCUT2D eigenvalue weighted by Crippen LogP contribution is 2.24. The van der Waals surface area contributed by atoms with Crippen LogP contribution >= 0.6 is 0 Å². The van der Waals surface area contributed by atoms with Crippen LogP contribution in [0, 0.1) is 17.0 Å². The number of hydrogen-bond donors (Lipinski definition) is 1. The molecule has 0 aromatic heterocycles. The Hall–Kier alpha value is -1.58. The van der Waals surface area contributed by atoms with Gasteiger partial charge in [0.2, 0.25) is 0 Å². The first kappa shape index (κ1) is 8.52. The molecule has 1 aromatic carbocycles. The Morgan fingerprint density at radius 2 is 2.25 bits per heavy atom. The van der Waals surface area contributed by atoms with E-state index in [1.807, 2.05) is 0 Å². The van der Waals surface area contributed by atoms with E-state index in [4.69, 9.17) is 0 Å². The van der Waals surface area contributed by atoms with E-state index < -0.39 is 4.92 Å². The van der Waals surface area contributed by atoms with Crippen LogP contribution in [0.25, 0.3) is 0 Å². The van der Waals surface area contributed by atoms with Crippen LogP contribution in [-0.2, 0) is 0 Å². The second-order valence-corrected chi connectivity index (χ2v) is 2.36. The summed E-state index contributed by atoms with van der Waals surface area (Å²) in [7, 11) is 1.64. The van der Waals surface area contributed by atoms with Gasteiger partial charge in [-0.3, -0.25) is 10.1 Å². The van der Waals surface area contributed by atoms with Gasteiger partial charge < -0.3 is 5.32 Å². The van der Waals surface area contributed by atoms with Crippen LogP contribution in [-0.4, -0.2) is 12.0 Å². The van der Waals surface area contributed by atoms with Crippen molar-refractivity contribution in [1.29, 1.82) is 0 Å². The van der Waals surface area contributed by atoms with E-state index in [9.17, 15) is 10.1 Å². The van der Waals surface area contributed by atoms with Gasteiger partial charge >= 0.3 is 0 Å². The van der Waals surface area contributed by atoms with Crippen LogP contribution in [0.1, 0.15) is 5.56 Å². The number of benzene rings is 1. The van der Waals surface area contributed by atoms with Crippen molar-refractivity contribution < 1.29 is 4.92 Å². The molecule has 1 rings (SSSR count). The highest BCUT2D eigenvalue weighted by molar-refractivity contribution is 5.62. The first-order valence-corrected chi connectivity index (χ1v) is 3.43. The maximum Gasteiger partial charge on any atom is 0.292 e. The van der Waals surface area contributed by atoms with Gasteiger partial charge in [0.05, 0.1) is 4.92 Å². The number of anilines is 1. The van der Waals surface area contributed by atoms with Crippen LogP contribution in [0.5, 0.6) is 0 Å². The van der Waals surface area contributed by atoms with Crippen LogP contribution in [0.3, 0.4) is 0 Å². The number of nitrogens with zero attached hydrogens (tertiary/aromatic N) is 1. The van der Waals surface area contributed by atoms with Crippen LogP contribution in [0.15, 0.2) is 18.2 Å². The van der Waals surface area contributed by atoms with Gasteiger partial charge in [0.1, 0.15) is 5.69 Å². The largest absolute Gasteiger partial charge is 0.383 e. The average molecular weight is 165 g/mol. The minimum Gasteiger partial charge on any atom is -0.383 e. The van der Waals surface area contributed by atoms with Gasteiger partial charge in [0.25, 0.3) is 5.69 Å². The number of nitro groups is 1. The van der Waals surface area contributed by atoms with Gasteiger partial charge in [-0.1, -0.05) is 6.07 Å². The second kappa shape index (κ2) is 3.21. The molecule has 1 aromatic rings. The van der Waals surface area contributed by atoms with Crippen molar-refractivity contribution >= 4 is 11.4 Å².